The summed E-state index contributed by atoms with van der Waals surface area (Å²) in [4.78, 5) is 30.4. The van der Waals surface area contributed by atoms with Gasteiger partial charge in [0.25, 0.3) is 0 Å². The normalized spacial score (nSPS) is 46.7. The molecule has 1 aliphatic heterocycles. The molecule has 3 aromatic carbocycles. The van der Waals surface area contributed by atoms with Crippen molar-refractivity contribution in [3.05, 3.63) is 117 Å². The molecule has 4 spiro atoms. The molecule has 476 valence electrons. The van der Waals surface area contributed by atoms with Crippen molar-refractivity contribution in [1.29, 1.82) is 0 Å². The summed E-state index contributed by atoms with van der Waals surface area (Å²) in [6.07, 6.45) is 18.8. The maximum Gasteiger partial charge on any atom is 0.331 e. The molecule has 0 saturated heterocycles. The number of benzene rings is 3. The fraction of sp³-hybridized carbons (Fsp3) is 0.675. The fourth-order valence-corrected chi connectivity index (χ4v) is 26.6. The number of aliphatic hydroxyl groups excluding tert-OH is 3. The predicted octanol–water partition coefficient (Wildman–Crippen LogP) is 10.8. The van der Waals surface area contributed by atoms with E-state index in [9.17, 15) is 25.2 Å². The van der Waals surface area contributed by atoms with Gasteiger partial charge in [-0.05, 0) is 227 Å². The molecule has 10 saturated carbocycles. The van der Waals surface area contributed by atoms with Gasteiger partial charge in [-0.25, -0.2) is 4.79 Å². The van der Waals surface area contributed by atoms with E-state index < -0.39 is 92.3 Å². The molecule has 10 nitrogen and oxygen atoms in total. The molecule has 0 aromatic heterocycles. The van der Waals surface area contributed by atoms with E-state index >= 15 is 15.0 Å². The lowest BCUT2D eigenvalue weighted by Gasteiger charge is -2.75. The third-order valence-corrected chi connectivity index (χ3v) is 30.2. The monoisotopic (exact) mass is 1220 g/mol. The number of carbonyl (C=O) groups is 2. The Balaban J connectivity index is 0.944. The maximum absolute atomic E-state index is 15.9. The SMILES string of the molecule is CNC1Cc2c(cccc2CO)C#CC23CCC(Cc4cccc(c4)C4(CCCC4)c4cccc(c4)CC4CC#CC5CC6(C2)C2C7=CC(=O)OC7C1CC2CC6(O)C1(O)C(O)C2CC(C(C)C6CCCC6)CCC6C(O)C7(CCC4C7)CC(C=O)(C51)C62O)C3. The highest BCUT2D eigenvalue weighted by molar-refractivity contribution is 5.86. The summed E-state index contributed by atoms with van der Waals surface area (Å²) in [5, 5.41) is 89.7. The van der Waals surface area contributed by atoms with Crippen LogP contribution < -0.4 is 5.32 Å². The Bertz CT molecular complexity index is 3580. The smallest absolute Gasteiger partial charge is 0.331 e. The van der Waals surface area contributed by atoms with Gasteiger partial charge in [0.15, 0.2) is 0 Å². The summed E-state index contributed by atoms with van der Waals surface area (Å²) < 4.78 is 6.65. The van der Waals surface area contributed by atoms with E-state index in [1.54, 1.807) is 6.08 Å². The number of hydrogen-bond donors (Lipinski definition) is 7. The summed E-state index contributed by atoms with van der Waals surface area (Å²) >= 11 is 0. The van der Waals surface area contributed by atoms with Crippen molar-refractivity contribution in [3.8, 4) is 23.7 Å². The van der Waals surface area contributed by atoms with Crippen LogP contribution in [0.4, 0.5) is 0 Å². The van der Waals surface area contributed by atoms with Gasteiger partial charge >= 0.3 is 5.97 Å². The number of hydrogen-bond acceptors (Lipinski definition) is 10. The molecular formula is C80H97NO9. The van der Waals surface area contributed by atoms with E-state index in [1.165, 1.54) is 47.9 Å². The van der Waals surface area contributed by atoms with Crippen LogP contribution >= 0.6 is 0 Å². The van der Waals surface area contributed by atoms with Crippen LogP contribution in [0.3, 0.4) is 0 Å². The van der Waals surface area contributed by atoms with Crippen molar-refractivity contribution in [2.75, 3.05) is 7.05 Å². The number of aldehydes is 1. The minimum absolute atomic E-state index is 0.0339. The molecule has 18 rings (SSSR count). The van der Waals surface area contributed by atoms with E-state index in [0.717, 1.165) is 92.8 Å². The summed E-state index contributed by atoms with van der Waals surface area (Å²) in [7, 11) is 1.96. The van der Waals surface area contributed by atoms with E-state index in [4.69, 9.17) is 4.74 Å². The zero-order valence-electron chi connectivity index (χ0n) is 53.3. The highest BCUT2D eigenvalue weighted by atomic mass is 16.5. The highest BCUT2D eigenvalue weighted by Crippen LogP contribution is 2.81. The predicted molar refractivity (Wildman–Crippen MR) is 342 cm³/mol. The molecule has 0 radical (unpaired) electrons. The van der Waals surface area contributed by atoms with Crippen molar-refractivity contribution in [2.45, 2.75) is 227 Å². The van der Waals surface area contributed by atoms with Gasteiger partial charge in [0.05, 0.1) is 29.8 Å². The van der Waals surface area contributed by atoms with Gasteiger partial charge in [0.2, 0.25) is 0 Å². The number of carbonyl (C=O) groups excluding carboxylic acids is 2. The van der Waals surface area contributed by atoms with E-state index in [0.29, 0.717) is 63.7 Å². The third kappa shape index (κ3) is 7.97. The Kier molecular flexibility index (Phi) is 13.8. The second kappa shape index (κ2) is 20.9. The maximum atomic E-state index is 15.9. The first kappa shape index (κ1) is 59.1. The number of likely N-dealkylation sites (N-methyl/N-ethyl adjacent to an activating group) is 1. The topological polar surface area (TPSA) is 177 Å². The number of esters is 1. The van der Waals surface area contributed by atoms with Gasteiger partial charge in [0.1, 0.15) is 23.6 Å². The van der Waals surface area contributed by atoms with Crippen LogP contribution in [0.25, 0.3) is 0 Å². The average molecular weight is 1220 g/mol. The molecule has 15 bridgehead atoms. The van der Waals surface area contributed by atoms with Gasteiger partial charge in [-0.2, -0.15) is 0 Å². The molecule has 10 heteroatoms. The molecule has 23 atom stereocenters. The van der Waals surface area contributed by atoms with Crippen LogP contribution in [0.5, 0.6) is 0 Å². The quantitative estimate of drug-likeness (QED) is 0.0739. The number of aliphatic hydroxyl groups is 6. The van der Waals surface area contributed by atoms with Crippen LogP contribution in [0, 0.1) is 122 Å². The van der Waals surface area contributed by atoms with E-state index in [-0.39, 0.29) is 78.8 Å². The lowest BCUT2D eigenvalue weighted by atomic mass is 9.31. The van der Waals surface area contributed by atoms with E-state index in [1.807, 2.05) is 19.2 Å². The largest absolute Gasteiger partial charge is 0.454 e. The molecule has 23 unspecified atom stereocenters. The summed E-state index contributed by atoms with van der Waals surface area (Å²) in [5.74, 6) is 11.8. The van der Waals surface area contributed by atoms with Gasteiger partial charge in [-0.3, -0.25) is 0 Å². The van der Waals surface area contributed by atoms with Crippen LogP contribution in [0.15, 0.2) is 78.4 Å². The van der Waals surface area contributed by atoms with Crippen LogP contribution in [0.1, 0.15) is 194 Å². The van der Waals surface area contributed by atoms with Crippen molar-refractivity contribution < 1.29 is 45.0 Å². The molecule has 1 heterocycles. The Morgan fingerprint density at radius 2 is 1.51 bits per heavy atom. The van der Waals surface area contributed by atoms with Crippen molar-refractivity contribution in [1.82, 2.24) is 5.32 Å². The summed E-state index contributed by atoms with van der Waals surface area (Å²) in [5.41, 5.74) is -2.22. The Labute approximate surface area is 533 Å². The molecule has 7 N–H and O–H groups in total. The standard InChI is InChI=1S/C80H97NO9/c1-47(51-13-3-4-14-51)53-21-22-64-71(85)74-30-25-55(40-74)54-16-10-17-56-41-76-44-73(28-23-50(39-73)31-48-11-7-19-59(33-48)75(26-5-6-27-75)60-20-8-12-49(32-54)34-60)29-24-52-15-9-18-57(43-82)61(52)37-66(81-2)62-35-58(68(76)63-38-67(84)90-69(62)63)42-78(76,87)80(89)70(56)77(45-74,46-83)79(64,88)65(36-53)72(80)86/h7-9,11-12,15,18-20,33-34,38,46-47,50-51,53-56,58,62,64-66,68-72,81-82,85-89H,3-6,13-14,16,21-23,25-28,30-32,35-37,39-45H2,1-2H3. The number of nitrogens with one attached hydrogen (secondary N) is 1. The van der Waals surface area contributed by atoms with Gasteiger partial charge in [0, 0.05) is 69.9 Å². The molecule has 14 aliphatic carbocycles. The summed E-state index contributed by atoms with van der Waals surface area (Å²) in [6, 6.07) is 24.8. The summed E-state index contributed by atoms with van der Waals surface area (Å²) in [6.45, 7) is 2.21. The molecule has 10 fully saturated rings. The number of fused-ring (bicyclic) bond motifs is 13. The van der Waals surface area contributed by atoms with E-state index in [2.05, 4.69) is 90.5 Å². The second-order valence-electron chi connectivity index (χ2n) is 33.5. The molecule has 0 amide bonds. The Morgan fingerprint density at radius 3 is 2.27 bits per heavy atom. The minimum atomic E-state index is -2.40. The second-order valence-corrected chi connectivity index (χ2v) is 33.5. The van der Waals surface area contributed by atoms with Gasteiger partial charge in [-0.15, -0.1) is 5.92 Å². The third-order valence-electron chi connectivity index (χ3n) is 30.2. The van der Waals surface area contributed by atoms with Crippen LogP contribution in [-0.4, -0.2) is 91.1 Å². The fourth-order valence-electron chi connectivity index (χ4n) is 26.6. The Hall–Kier alpha value is -4.62. The number of rotatable bonds is 5. The first-order valence-corrected chi connectivity index (χ1v) is 36.0. The van der Waals surface area contributed by atoms with Crippen molar-refractivity contribution in [2.24, 2.45) is 98.6 Å². The molecule has 15 aliphatic rings. The highest BCUT2D eigenvalue weighted by Gasteiger charge is 2.88. The Morgan fingerprint density at radius 1 is 0.744 bits per heavy atom. The van der Waals surface area contributed by atoms with Gasteiger partial charge < -0.3 is 45.5 Å². The lowest BCUT2D eigenvalue weighted by Crippen LogP contribution is -2.87. The van der Waals surface area contributed by atoms with Crippen LogP contribution in [-0.2, 0) is 45.6 Å². The minimum Gasteiger partial charge on any atom is -0.454 e. The van der Waals surface area contributed by atoms with Crippen LogP contribution in [0.2, 0.25) is 0 Å². The first-order valence-electron chi connectivity index (χ1n) is 36.0. The zero-order chi connectivity index (χ0) is 61.5. The average Bonchev–Trinajstić information content (AvgIpc) is 1.10. The van der Waals surface area contributed by atoms with Gasteiger partial charge in [-0.1, -0.05) is 124 Å². The molecule has 90 heavy (non-hydrogen) atoms. The lowest BCUT2D eigenvalue weighted by molar-refractivity contribution is -0.391. The molecule has 3 aromatic rings. The first-order chi connectivity index (χ1) is 43.5. The van der Waals surface area contributed by atoms with Crippen molar-refractivity contribution in [3.63, 3.8) is 0 Å². The zero-order valence-corrected chi connectivity index (χ0v) is 53.3. The van der Waals surface area contributed by atoms with Crippen molar-refractivity contribution >= 4 is 12.3 Å². The molecular weight excluding hydrogens is 1120 g/mol. The number of ether oxygens (including phenoxy) is 1.